The van der Waals surface area contributed by atoms with E-state index in [1.165, 1.54) is 12.1 Å². The highest BCUT2D eigenvalue weighted by Gasteiger charge is 2.45. The average Bonchev–Trinajstić information content (AvgIpc) is 3.19. The summed E-state index contributed by atoms with van der Waals surface area (Å²) >= 11 is 0. The van der Waals surface area contributed by atoms with Gasteiger partial charge in [-0.3, -0.25) is 14.7 Å². The van der Waals surface area contributed by atoms with E-state index in [4.69, 9.17) is 0 Å². The monoisotopic (exact) mass is 417 g/mol. The molecule has 1 amide bonds. The van der Waals surface area contributed by atoms with E-state index in [0.717, 1.165) is 41.8 Å². The molecule has 0 radical (unpaired) electrons. The van der Waals surface area contributed by atoms with Crippen LogP contribution in [0.4, 0.5) is 4.39 Å². The van der Waals surface area contributed by atoms with Gasteiger partial charge in [0.1, 0.15) is 5.82 Å². The van der Waals surface area contributed by atoms with Crippen molar-refractivity contribution in [2.45, 2.75) is 19.4 Å². The van der Waals surface area contributed by atoms with Crippen LogP contribution in [0.3, 0.4) is 0 Å². The van der Waals surface area contributed by atoms with Crippen LogP contribution in [-0.4, -0.2) is 47.9 Å². The van der Waals surface area contributed by atoms with E-state index in [9.17, 15) is 9.18 Å². The van der Waals surface area contributed by atoms with Crippen molar-refractivity contribution in [1.82, 2.24) is 14.8 Å². The second kappa shape index (κ2) is 8.98. The summed E-state index contributed by atoms with van der Waals surface area (Å²) in [5, 5.41) is 0. The number of amides is 1. The number of carbonyl (C=O) groups is 1. The first-order valence-electron chi connectivity index (χ1n) is 10.6. The van der Waals surface area contributed by atoms with Crippen LogP contribution in [0.5, 0.6) is 0 Å². The SMILES string of the molecule is CN(C)C(=O)C1(Cc2cccc(-c3cccnc3)c2)CCN(Cc2ccc(F)cc2)C1. The number of carbonyl (C=O) groups excluding carboxylic acids is 1. The van der Waals surface area contributed by atoms with Crippen LogP contribution in [0.15, 0.2) is 73.1 Å². The zero-order chi connectivity index (χ0) is 21.8. The summed E-state index contributed by atoms with van der Waals surface area (Å²) in [5.41, 5.74) is 3.94. The summed E-state index contributed by atoms with van der Waals surface area (Å²) in [6.45, 7) is 2.26. The van der Waals surface area contributed by atoms with Crippen molar-refractivity contribution in [3.05, 3.63) is 90.0 Å². The van der Waals surface area contributed by atoms with E-state index in [2.05, 4.69) is 34.1 Å². The third-order valence-corrected chi connectivity index (χ3v) is 6.08. The molecule has 0 aliphatic carbocycles. The van der Waals surface area contributed by atoms with E-state index < -0.39 is 5.41 Å². The Morgan fingerprint density at radius 3 is 2.55 bits per heavy atom. The van der Waals surface area contributed by atoms with Gasteiger partial charge in [-0.25, -0.2) is 4.39 Å². The molecule has 4 nitrogen and oxygen atoms in total. The molecule has 0 N–H and O–H groups in total. The first-order chi connectivity index (χ1) is 14.9. The Labute approximate surface area is 183 Å². The maximum atomic E-state index is 13.3. The first-order valence-corrected chi connectivity index (χ1v) is 10.6. The number of rotatable bonds is 6. The van der Waals surface area contributed by atoms with Crippen LogP contribution in [-0.2, 0) is 17.8 Å². The molecule has 1 atom stereocenters. The second-order valence-electron chi connectivity index (χ2n) is 8.69. The van der Waals surface area contributed by atoms with E-state index >= 15 is 0 Å². The van der Waals surface area contributed by atoms with E-state index in [1.54, 1.807) is 11.1 Å². The summed E-state index contributed by atoms with van der Waals surface area (Å²) in [6, 6.07) is 19.0. The lowest BCUT2D eigenvalue weighted by Gasteiger charge is -2.31. The Hall–Kier alpha value is -3.05. The first kappa shape index (κ1) is 21.2. The van der Waals surface area contributed by atoms with Gasteiger partial charge in [-0.05, 0) is 59.8 Å². The number of halogens is 1. The molecule has 0 saturated carbocycles. The van der Waals surface area contributed by atoms with Gasteiger partial charge in [0.05, 0.1) is 5.41 Å². The molecule has 1 fully saturated rings. The summed E-state index contributed by atoms with van der Waals surface area (Å²) in [6.07, 6.45) is 5.13. The third-order valence-electron chi connectivity index (χ3n) is 6.08. The number of benzene rings is 2. The normalized spacial score (nSPS) is 18.8. The summed E-state index contributed by atoms with van der Waals surface area (Å²) < 4.78 is 13.2. The maximum Gasteiger partial charge on any atom is 0.229 e. The summed E-state index contributed by atoms with van der Waals surface area (Å²) in [7, 11) is 3.66. The Bertz CT molecular complexity index is 1040. The minimum absolute atomic E-state index is 0.167. The largest absolute Gasteiger partial charge is 0.348 e. The molecule has 31 heavy (non-hydrogen) atoms. The van der Waals surface area contributed by atoms with Gasteiger partial charge >= 0.3 is 0 Å². The quantitative estimate of drug-likeness (QED) is 0.596. The molecule has 3 aromatic rings. The lowest BCUT2D eigenvalue weighted by Crippen LogP contribution is -2.43. The molecule has 5 heteroatoms. The van der Waals surface area contributed by atoms with Crippen molar-refractivity contribution in [2.24, 2.45) is 5.41 Å². The third kappa shape index (κ3) is 4.83. The Balaban J connectivity index is 1.56. The smallest absolute Gasteiger partial charge is 0.229 e. The van der Waals surface area contributed by atoms with Crippen LogP contribution in [0.2, 0.25) is 0 Å². The van der Waals surface area contributed by atoms with Gasteiger partial charge in [-0.2, -0.15) is 0 Å². The number of likely N-dealkylation sites (tertiary alicyclic amines) is 1. The number of aromatic nitrogens is 1. The minimum Gasteiger partial charge on any atom is -0.348 e. The van der Waals surface area contributed by atoms with Gasteiger partial charge in [-0.15, -0.1) is 0 Å². The van der Waals surface area contributed by atoms with Crippen molar-refractivity contribution < 1.29 is 9.18 Å². The number of nitrogens with zero attached hydrogens (tertiary/aromatic N) is 3. The number of hydrogen-bond acceptors (Lipinski definition) is 3. The van der Waals surface area contributed by atoms with Crippen LogP contribution >= 0.6 is 0 Å². The van der Waals surface area contributed by atoms with Crippen molar-refractivity contribution >= 4 is 5.91 Å². The zero-order valence-electron chi connectivity index (χ0n) is 18.1. The van der Waals surface area contributed by atoms with E-state index in [-0.39, 0.29) is 11.7 Å². The van der Waals surface area contributed by atoms with Crippen LogP contribution in [0.1, 0.15) is 17.5 Å². The fourth-order valence-corrected chi connectivity index (χ4v) is 4.60. The lowest BCUT2D eigenvalue weighted by molar-refractivity contribution is -0.138. The molecule has 1 aliphatic heterocycles. The molecule has 0 spiro atoms. The molecule has 1 saturated heterocycles. The van der Waals surface area contributed by atoms with Gasteiger partial charge in [0, 0.05) is 39.6 Å². The Morgan fingerprint density at radius 1 is 1.06 bits per heavy atom. The van der Waals surface area contributed by atoms with Crippen LogP contribution < -0.4 is 0 Å². The average molecular weight is 418 g/mol. The lowest BCUT2D eigenvalue weighted by atomic mass is 9.79. The van der Waals surface area contributed by atoms with Gasteiger partial charge in [0.2, 0.25) is 5.91 Å². The fraction of sp³-hybridized carbons (Fsp3) is 0.308. The molecule has 2 aromatic carbocycles. The van der Waals surface area contributed by atoms with Crippen LogP contribution in [0.25, 0.3) is 11.1 Å². The van der Waals surface area contributed by atoms with Crippen LogP contribution in [0, 0.1) is 11.2 Å². The summed E-state index contributed by atoms with van der Waals surface area (Å²) in [5.74, 6) is -0.0586. The second-order valence-corrected chi connectivity index (χ2v) is 8.69. The Kier molecular flexibility index (Phi) is 6.14. The number of pyridine rings is 1. The highest BCUT2D eigenvalue weighted by Crippen LogP contribution is 2.37. The molecule has 4 rings (SSSR count). The standard InChI is InChI=1S/C26H28FN3O/c1-29(2)25(31)26(12-14-30(19-26)18-20-8-10-24(27)11-9-20)16-21-5-3-6-22(15-21)23-7-4-13-28-17-23/h3-11,13,15,17H,12,14,16,18-19H2,1-2H3. The maximum absolute atomic E-state index is 13.3. The van der Waals surface area contributed by atoms with Crippen molar-refractivity contribution in [1.29, 1.82) is 0 Å². The molecule has 1 aliphatic rings. The van der Waals surface area contributed by atoms with Gasteiger partial charge < -0.3 is 4.90 Å². The van der Waals surface area contributed by atoms with Crippen molar-refractivity contribution in [3.63, 3.8) is 0 Å². The van der Waals surface area contributed by atoms with E-state index in [1.807, 2.05) is 44.6 Å². The Morgan fingerprint density at radius 2 is 1.84 bits per heavy atom. The van der Waals surface area contributed by atoms with E-state index in [0.29, 0.717) is 13.0 Å². The predicted molar refractivity (Wildman–Crippen MR) is 121 cm³/mol. The van der Waals surface area contributed by atoms with Gasteiger partial charge in [0.15, 0.2) is 0 Å². The highest BCUT2D eigenvalue weighted by atomic mass is 19.1. The topological polar surface area (TPSA) is 36.4 Å². The minimum atomic E-state index is -0.461. The van der Waals surface area contributed by atoms with Crippen molar-refractivity contribution in [3.8, 4) is 11.1 Å². The zero-order valence-corrected chi connectivity index (χ0v) is 18.1. The summed E-state index contributed by atoms with van der Waals surface area (Å²) in [4.78, 5) is 21.6. The van der Waals surface area contributed by atoms with Crippen molar-refractivity contribution in [2.75, 3.05) is 27.2 Å². The number of hydrogen-bond donors (Lipinski definition) is 0. The predicted octanol–water partition coefficient (Wildman–Crippen LogP) is 4.41. The molecule has 0 bridgehead atoms. The molecule has 2 heterocycles. The molecule has 160 valence electrons. The van der Waals surface area contributed by atoms with Gasteiger partial charge in [0.25, 0.3) is 0 Å². The highest BCUT2D eigenvalue weighted by molar-refractivity contribution is 5.83. The molecule has 1 aromatic heterocycles. The van der Waals surface area contributed by atoms with Gasteiger partial charge in [-0.1, -0.05) is 42.5 Å². The molecular weight excluding hydrogens is 389 g/mol. The molecular formula is C26H28FN3O. The molecule has 1 unspecified atom stereocenters. The fourth-order valence-electron chi connectivity index (χ4n) is 4.60.